The molecule has 0 unspecified atom stereocenters. The van der Waals surface area contributed by atoms with Crippen molar-refractivity contribution in [3.8, 4) is 0 Å². The van der Waals surface area contributed by atoms with E-state index < -0.39 is 0 Å². The van der Waals surface area contributed by atoms with Crippen molar-refractivity contribution in [1.82, 2.24) is 10.2 Å². The second-order valence-corrected chi connectivity index (χ2v) is 6.12. The lowest BCUT2D eigenvalue weighted by molar-refractivity contribution is 0.231. The zero-order valence-corrected chi connectivity index (χ0v) is 12.4. The molecule has 18 heavy (non-hydrogen) atoms. The van der Waals surface area contributed by atoms with Crippen molar-refractivity contribution < 1.29 is 0 Å². The van der Waals surface area contributed by atoms with Gasteiger partial charge in [-0.15, -0.1) is 11.8 Å². The fourth-order valence-electron chi connectivity index (χ4n) is 2.29. The van der Waals surface area contributed by atoms with E-state index in [2.05, 4.69) is 42.3 Å². The molecule has 0 radical (unpaired) electrons. The highest BCUT2D eigenvalue weighted by atomic mass is 32.2. The molecule has 0 bridgehead atoms. The summed E-state index contributed by atoms with van der Waals surface area (Å²) in [6.07, 6.45) is 1.24. The second kappa shape index (κ2) is 7.17. The maximum Gasteiger partial charge on any atom is 0.0246 e. The van der Waals surface area contributed by atoms with Crippen LogP contribution in [0.15, 0.2) is 23.1 Å². The molecule has 0 aromatic heterocycles. The van der Waals surface area contributed by atoms with Crippen LogP contribution in [0.4, 0.5) is 0 Å². The van der Waals surface area contributed by atoms with Crippen LogP contribution in [0.1, 0.15) is 24.5 Å². The molecular weight excluding hydrogens is 240 g/mol. The van der Waals surface area contributed by atoms with E-state index >= 15 is 0 Å². The van der Waals surface area contributed by atoms with E-state index in [1.165, 1.54) is 41.3 Å². The molecule has 1 aromatic rings. The molecule has 0 atom stereocenters. The molecule has 1 aromatic carbocycles. The Morgan fingerprint density at radius 3 is 2.78 bits per heavy atom. The highest BCUT2D eigenvalue weighted by Gasteiger charge is 2.12. The molecule has 3 heteroatoms. The van der Waals surface area contributed by atoms with E-state index in [0.717, 1.165) is 19.6 Å². The molecule has 1 aliphatic heterocycles. The van der Waals surface area contributed by atoms with Gasteiger partial charge in [0.15, 0.2) is 0 Å². The number of aryl methyl sites for hydroxylation is 1. The predicted octanol–water partition coefficient (Wildman–Crippen LogP) is 2.90. The fraction of sp³-hybridized carbons (Fsp3) is 0.600. The van der Waals surface area contributed by atoms with Crippen LogP contribution in [-0.2, 0) is 6.54 Å². The van der Waals surface area contributed by atoms with Crippen LogP contribution in [0, 0.1) is 6.92 Å². The van der Waals surface area contributed by atoms with E-state index in [-0.39, 0.29) is 0 Å². The number of hydrogen-bond acceptors (Lipinski definition) is 3. The number of benzene rings is 1. The van der Waals surface area contributed by atoms with Crippen molar-refractivity contribution >= 4 is 11.8 Å². The van der Waals surface area contributed by atoms with Crippen LogP contribution in [0.5, 0.6) is 0 Å². The van der Waals surface area contributed by atoms with Gasteiger partial charge in [0.25, 0.3) is 0 Å². The smallest absolute Gasteiger partial charge is 0.0246 e. The SMILES string of the molecule is CCCSc1ccc(C)cc1CN1CCNCC1. The number of rotatable bonds is 5. The Morgan fingerprint density at radius 2 is 2.06 bits per heavy atom. The lowest BCUT2D eigenvalue weighted by Crippen LogP contribution is -2.42. The van der Waals surface area contributed by atoms with Crippen LogP contribution in [-0.4, -0.2) is 36.8 Å². The molecule has 0 spiro atoms. The summed E-state index contributed by atoms with van der Waals surface area (Å²) < 4.78 is 0. The summed E-state index contributed by atoms with van der Waals surface area (Å²) in [4.78, 5) is 4.03. The van der Waals surface area contributed by atoms with Crippen molar-refractivity contribution in [3.05, 3.63) is 29.3 Å². The second-order valence-electron chi connectivity index (χ2n) is 4.99. The maximum absolute atomic E-state index is 3.41. The van der Waals surface area contributed by atoms with Gasteiger partial charge in [-0.2, -0.15) is 0 Å². The van der Waals surface area contributed by atoms with Gasteiger partial charge in [0.1, 0.15) is 0 Å². The first-order chi connectivity index (χ1) is 8.79. The standard InChI is InChI=1S/C15H24N2S/c1-3-10-18-15-5-4-13(2)11-14(15)12-17-8-6-16-7-9-17/h4-5,11,16H,3,6-10,12H2,1-2H3. The van der Waals surface area contributed by atoms with Gasteiger partial charge in [-0.3, -0.25) is 4.90 Å². The highest BCUT2D eigenvalue weighted by molar-refractivity contribution is 7.99. The average molecular weight is 264 g/mol. The van der Waals surface area contributed by atoms with Gasteiger partial charge in [0.05, 0.1) is 0 Å². The summed E-state index contributed by atoms with van der Waals surface area (Å²) in [6, 6.07) is 6.90. The molecule has 2 rings (SSSR count). The molecule has 0 amide bonds. The van der Waals surface area contributed by atoms with Crippen LogP contribution in [0.2, 0.25) is 0 Å². The summed E-state index contributed by atoms with van der Waals surface area (Å²) in [5.41, 5.74) is 2.89. The Morgan fingerprint density at radius 1 is 1.28 bits per heavy atom. The third-order valence-electron chi connectivity index (χ3n) is 3.28. The van der Waals surface area contributed by atoms with Gasteiger partial charge >= 0.3 is 0 Å². The average Bonchev–Trinajstić information content (AvgIpc) is 2.39. The Labute approximate surface area is 115 Å². The predicted molar refractivity (Wildman–Crippen MR) is 80.3 cm³/mol. The normalized spacial score (nSPS) is 17.0. The summed E-state index contributed by atoms with van der Waals surface area (Å²) in [6.45, 7) is 10.1. The minimum absolute atomic E-state index is 1.11. The lowest BCUT2D eigenvalue weighted by atomic mass is 10.1. The first-order valence-electron chi connectivity index (χ1n) is 6.95. The van der Waals surface area contributed by atoms with E-state index in [1.54, 1.807) is 0 Å². The maximum atomic E-state index is 3.41. The number of hydrogen-bond donors (Lipinski definition) is 1. The monoisotopic (exact) mass is 264 g/mol. The minimum Gasteiger partial charge on any atom is -0.314 e. The van der Waals surface area contributed by atoms with Crippen LogP contribution < -0.4 is 5.32 Å². The number of nitrogens with one attached hydrogen (secondary N) is 1. The number of thioether (sulfide) groups is 1. The first kappa shape index (κ1) is 13.9. The van der Waals surface area contributed by atoms with Crippen LogP contribution >= 0.6 is 11.8 Å². The Balaban J connectivity index is 2.05. The van der Waals surface area contributed by atoms with Crippen LogP contribution in [0.3, 0.4) is 0 Å². The molecule has 2 nitrogen and oxygen atoms in total. The van der Waals surface area contributed by atoms with Gasteiger partial charge in [-0.05, 0) is 30.7 Å². The molecule has 1 aliphatic rings. The number of nitrogens with zero attached hydrogens (tertiary/aromatic N) is 1. The van der Waals surface area contributed by atoms with Crippen molar-refractivity contribution in [2.24, 2.45) is 0 Å². The highest BCUT2D eigenvalue weighted by Crippen LogP contribution is 2.25. The van der Waals surface area contributed by atoms with Crippen molar-refractivity contribution in [3.63, 3.8) is 0 Å². The summed E-state index contributed by atoms with van der Waals surface area (Å²) in [5.74, 6) is 1.22. The van der Waals surface area contributed by atoms with E-state index in [9.17, 15) is 0 Å². The fourth-order valence-corrected chi connectivity index (χ4v) is 3.19. The third-order valence-corrected chi connectivity index (χ3v) is 4.60. The van der Waals surface area contributed by atoms with Gasteiger partial charge in [-0.1, -0.05) is 24.6 Å². The van der Waals surface area contributed by atoms with Crippen LogP contribution in [0.25, 0.3) is 0 Å². The van der Waals surface area contributed by atoms with Gasteiger partial charge < -0.3 is 5.32 Å². The number of piperazine rings is 1. The van der Waals surface area contributed by atoms with E-state index in [0.29, 0.717) is 0 Å². The van der Waals surface area contributed by atoms with Gasteiger partial charge in [0.2, 0.25) is 0 Å². The largest absolute Gasteiger partial charge is 0.314 e. The van der Waals surface area contributed by atoms with E-state index in [1.807, 2.05) is 11.8 Å². The molecule has 1 fully saturated rings. The summed E-state index contributed by atoms with van der Waals surface area (Å²) >= 11 is 2.00. The first-order valence-corrected chi connectivity index (χ1v) is 7.93. The molecule has 100 valence electrons. The molecule has 1 saturated heterocycles. The third kappa shape index (κ3) is 4.01. The van der Waals surface area contributed by atoms with E-state index in [4.69, 9.17) is 0 Å². The zero-order chi connectivity index (χ0) is 12.8. The Hall–Kier alpha value is -0.510. The molecule has 0 saturated carbocycles. The molecule has 1 heterocycles. The van der Waals surface area contributed by atoms with Crippen molar-refractivity contribution in [1.29, 1.82) is 0 Å². The Bertz CT molecular complexity index is 373. The Kier molecular flexibility index (Phi) is 5.54. The summed E-state index contributed by atoms with van der Waals surface area (Å²) in [5, 5.41) is 3.41. The lowest BCUT2D eigenvalue weighted by Gasteiger charge is -2.28. The van der Waals surface area contributed by atoms with Crippen molar-refractivity contribution in [2.75, 3.05) is 31.9 Å². The zero-order valence-electron chi connectivity index (χ0n) is 11.5. The van der Waals surface area contributed by atoms with Crippen molar-refractivity contribution in [2.45, 2.75) is 31.7 Å². The topological polar surface area (TPSA) is 15.3 Å². The molecule has 0 aliphatic carbocycles. The molecular formula is C15H24N2S. The van der Waals surface area contributed by atoms with Gasteiger partial charge in [-0.25, -0.2) is 0 Å². The molecule has 1 N–H and O–H groups in total. The summed E-state index contributed by atoms with van der Waals surface area (Å²) in [7, 11) is 0. The minimum atomic E-state index is 1.11. The van der Waals surface area contributed by atoms with Gasteiger partial charge in [0, 0.05) is 37.6 Å². The quantitative estimate of drug-likeness (QED) is 0.823.